The van der Waals surface area contributed by atoms with E-state index in [9.17, 15) is 4.79 Å². The molecule has 0 fully saturated rings. The summed E-state index contributed by atoms with van der Waals surface area (Å²) in [7, 11) is 0. The van der Waals surface area contributed by atoms with Crippen LogP contribution >= 0.6 is 12.2 Å². The van der Waals surface area contributed by atoms with Gasteiger partial charge in [-0.2, -0.15) is 0 Å². The van der Waals surface area contributed by atoms with E-state index in [1.165, 1.54) is 0 Å². The van der Waals surface area contributed by atoms with Gasteiger partial charge in [0, 0.05) is 18.2 Å². The van der Waals surface area contributed by atoms with Crippen molar-refractivity contribution in [1.82, 2.24) is 10.2 Å². The SMILES string of the molecule is CCN(CC)CC(C)NC(=O)Cc1ccc(C(N)=S)cc1. The lowest BCUT2D eigenvalue weighted by atomic mass is 10.1. The van der Waals surface area contributed by atoms with Crippen molar-refractivity contribution < 1.29 is 4.79 Å². The van der Waals surface area contributed by atoms with Crippen LogP contribution in [0, 0.1) is 0 Å². The highest BCUT2D eigenvalue weighted by Gasteiger charge is 2.11. The number of amides is 1. The molecule has 4 nitrogen and oxygen atoms in total. The predicted molar refractivity (Wildman–Crippen MR) is 91.4 cm³/mol. The molecule has 1 atom stereocenters. The number of nitrogens with one attached hydrogen (secondary N) is 1. The molecule has 0 aliphatic carbocycles. The summed E-state index contributed by atoms with van der Waals surface area (Å²) < 4.78 is 0. The molecule has 3 N–H and O–H groups in total. The van der Waals surface area contributed by atoms with Gasteiger partial charge in [-0.15, -0.1) is 0 Å². The molecule has 0 spiro atoms. The highest BCUT2D eigenvalue weighted by molar-refractivity contribution is 7.80. The third kappa shape index (κ3) is 6.23. The molecule has 1 amide bonds. The van der Waals surface area contributed by atoms with Crippen LogP contribution in [0.4, 0.5) is 0 Å². The summed E-state index contributed by atoms with van der Waals surface area (Å²) in [6.45, 7) is 9.16. The van der Waals surface area contributed by atoms with Gasteiger partial charge >= 0.3 is 0 Å². The van der Waals surface area contributed by atoms with Crippen molar-refractivity contribution in [1.29, 1.82) is 0 Å². The van der Waals surface area contributed by atoms with E-state index in [-0.39, 0.29) is 11.9 Å². The van der Waals surface area contributed by atoms with E-state index >= 15 is 0 Å². The fraction of sp³-hybridized carbons (Fsp3) is 0.500. The third-order valence-electron chi connectivity index (χ3n) is 3.44. The molecule has 0 saturated heterocycles. The van der Waals surface area contributed by atoms with E-state index in [0.717, 1.165) is 30.8 Å². The average molecular weight is 307 g/mol. The van der Waals surface area contributed by atoms with Crippen molar-refractivity contribution in [2.45, 2.75) is 33.2 Å². The molecule has 1 unspecified atom stereocenters. The number of nitrogens with zero attached hydrogens (tertiary/aromatic N) is 1. The summed E-state index contributed by atoms with van der Waals surface area (Å²) in [6, 6.07) is 7.63. The minimum atomic E-state index is 0.0396. The van der Waals surface area contributed by atoms with Crippen LogP contribution in [0.1, 0.15) is 31.9 Å². The maximum absolute atomic E-state index is 12.0. The number of thiocarbonyl (C=S) groups is 1. The normalized spacial score (nSPS) is 12.2. The standard InChI is InChI=1S/C16H25N3OS/c1-4-19(5-2)11-12(3)18-15(20)10-13-6-8-14(9-7-13)16(17)21/h6-9,12H,4-5,10-11H2,1-3H3,(H2,17,21)(H,18,20). The zero-order valence-electron chi connectivity index (χ0n) is 13.1. The zero-order valence-corrected chi connectivity index (χ0v) is 13.9. The summed E-state index contributed by atoms with van der Waals surface area (Å²) >= 11 is 4.91. The summed E-state index contributed by atoms with van der Waals surface area (Å²) in [5, 5.41) is 3.03. The van der Waals surface area contributed by atoms with Gasteiger partial charge in [0.2, 0.25) is 5.91 Å². The first-order chi connectivity index (χ1) is 9.96. The second kappa shape index (κ2) is 8.74. The smallest absolute Gasteiger partial charge is 0.224 e. The first-order valence-electron chi connectivity index (χ1n) is 7.36. The van der Waals surface area contributed by atoms with Gasteiger partial charge in [-0.25, -0.2) is 0 Å². The molecular formula is C16H25N3OS. The molecule has 21 heavy (non-hydrogen) atoms. The molecule has 5 heteroatoms. The van der Waals surface area contributed by atoms with E-state index in [0.29, 0.717) is 11.4 Å². The van der Waals surface area contributed by atoms with E-state index in [1.807, 2.05) is 31.2 Å². The van der Waals surface area contributed by atoms with E-state index < -0.39 is 0 Å². The van der Waals surface area contributed by atoms with Crippen LogP contribution in [0.3, 0.4) is 0 Å². The summed E-state index contributed by atoms with van der Waals surface area (Å²) in [6.07, 6.45) is 0.375. The Bertz CT molecular complexity index is 469. The summed E-state index contributed by atoms with van der Waals surface area (Å²) in [4.78, 5) is 14.7. The number of carbonyl (C=O) groups is 1. The number of nitrogens with two attached hydrogens (primary N) is 1. The largest absolute Gasteiger partial charge is 0.389 e. The lowest BCUT2D eigenvalue weighted by Crippen LogP contribution is -2.42. The Morgan fingerprint density at radius 2 is 1.86 bits per heavy atom. The number of rotatable bonds is 8. The second-order valence-corrected chi connectivity index (χ2v) is 5.63. The van der Waals surface area contributed by atoms with Gasteiger partial charge in [-0.05, 0) is 25.6 Å². The number of benzene rings is 1. The molecule has 0 heterocycles. The topological polar surface area (TPSA) is 58.4 Å². The van der Waals surface area contributed by atoms with Crippen LogP contribution in [-0.2, 0) is 11.2 Å². The van der Waals surface area contributed by atoms with Crippen molar-refractivity contribution >= 4 is 23.1 Å². The van der Waals surface area contributed by atoms with Crippen molar-refractivity contribution in [2.24, 2.45) is 5.73 Å². The van der Waals surface area contributed by atoms with Crippen molar-refractivity contribution in [3.63, 3.8) is 0 Å². The minimum Gasteiger partial charge on any atom is -0.389 e. The minimum absolute atomic E-state index is 0.0396. The number of hydrogen-bond acceptors (Lipinski definition) is 3. The van der Waals surface area contributed by atoms with Gasteiger partial charge in [0.25, 0.3) is 0 Å². The fourth-order valence-electron chi connectivity index (χ4n) is 2.21. The molecule has 1 rings (SSSR count). The monoisotopic (exact) mass is 307 g/mol. The zero-order chi connectivity index (χ0) is 15.8. The average Bonchev–Trinajstić information content (AvgIpc) is 2.45. The van der Waals surface area contributed by atoms with E-state index in [4.69, 9.17) is 18.0 Å². The Morgan fingerprint density at radius 3 is 2.33 bits per heavy atom. The Labute approximate surface area is 132 Å². The van der Waals surface area contributed by atoms with Gasteiger partial charge < -0.3 is 16.0 Å². The van der Waals surface area contributed by atoms with Gasteiger partial charge in [0.15, 0.2) is 0 Å². The number of carbonyl (C=O) groups excluding carboxylic acids is 1. The van der Waals surface area contributed by atoms with Crippen LogP contribution in [-0.4, -0.2) is 41.5 Å². The third-order valence-corrected chi connectivity index (χ3v) is 3.67. The van der Waals surface area contributed by atoms with Gasteiger partial charge in [-0.3, -0.25) is 4.79 Å². The molecule has 1 aromatic carbocycles. The first-order valence-corrected chi connectivity index (χ1v) is 7.77. The maximum Gasteiger partial charge on any atom is 0.224 e. The summed E-state index contributed by atoms with van der Waals surface area (Å²) in [5.41, 5.74) is 7.34. The van der Waals surface area contributed by atoms with Gasteiger partial charge in [0.1, 0.15) is 4.99 Å². The highest BCUT2D eigenvalue weighted by Crippen LogP contribution is 2.05. The lowest BCUT2D eigenvalue weighted by Gasteiger charge is -2.23. The molecule has 0 aliphatic rings. The number of likely N-dealkylation sites (N-methyl/N-ethyl adjacent to an activating group) is 1. The molecule has 0 radical (unpaired) electrons. The Balaban J connectivity index is 2.47. The van der Waals surface area contributed by atoms with Crippen LogP contribution in [0.15, 0.2) is 24.3 Å². The molecule has 1 aromatic rings. The van der Waals surface area contributed by atoms with Crippen LogP contribution in [0.2, 0.25) is 0 Å². The maximum atomic E-state index is 12.0. The molecule has 116 valence electrons. The van der Waals surface area contributed by atoms with E-state index in [2.05, 4.69) is 24.1 Å². The van der Waals surface area contributed by atoms with Crippen LogP contribution in [0.5, 0.6) is 0 Å². The second-order valence-electron chi connectivity index (χ2n) is 5.19. The van der Waals surface area contributed by atoms with Gasteiger partial charge in [0.05, 0.1) is 6.42 Å². The van der Waals surface area contributed by atoms with Crippen molar-refractivity contribution in [2.75, 3.05) is 19.6 Å². The van der Waals surface area contributed by atoms with Crippen molar-refractivity contribution in [3.05, 3.63) is 35.4 Å². The van der Waals surface area contributed by atoms with Crippen molar-refractivity contribution in [3.8, 4) is 0 Å². The quantitative estimate of drug-likeness (QED) is 0.718. The van der Waals surface area contributed by atoms with Gasteiger partial charge in [-0.1, -0.05) is 50.3 Å². The Kier molecular flexibility index (Phi) is 7.32. The molecular weight excluding hydrogens is 282 g/mol. The van der Waals surface area contributed by atoms with Crippen LogP contribution < -0.4 is 11.1 Å². The fourth-order valence-corrected chi connectivity index (χ4v) is 2.35. The van der Waals surface area contributed by atoms with E-state index in [1.54, 1.807) is 0 Å². The summed E-state index contributed by atoms with van der Waals surface area (Å²) in [5.74, 6) is 0.0396. The highest BCUT2D eigenvalue weighted by atomic mass is 32.1. The first kappa shape index (κ1) is 17.6. The lowest BCUT2D eigenvalue weighted by molar-refractivity contribution is -0.121. The molecule has 0 aliphatic heterocycles. The molecule has 0 aromatic heterocycles. The molecule has 0 saturated carbocycles. The predicted octanol–water partition coefficient (Wildman–Crippen LogP) is 1.71. The number of hydrogen-bond donors (Lipinski definition) is 2. The molecule has 0 bridgehead atoms. The van der Waals surface area contributed by atoms with Crippen LogP contribution in [0.25, 0.3) is 0 Å². The Morgan fingerprint density at radius 1 is 1.29 bits per heavy atom. The Hall–Kier alpha value is -1.46.